The maximum Gasteiger partial charge on any atom is 0.226 e. The summed E-state index contributed by atoms with van der Waals surface area (Å²) in [5, 5.41) is 11.6. The molecule has 0 aliphatic carbocycles. The Morgan fingerprint density at radius 2 is 2.32 bits per heavy atom. The van der Waals surface area contributed by atoms with Crippen LogP contribution in [-0.2, 0) is 19.5 Å². The van der Waals surface area contributed by atoms with Gasteiger partial charge in [-0.25, -0.2) is 0 Å². The molecule has 0 saturated heterocycles. The Kier molecular flexibility index (Phi) is 4.68. The minimum Gasteiger partial charge on any atom is -0.339 e. The monoisotopic (exact) mass is 263 g/mol. The first-order valence-electron chi connectivity index (χ1n) is 6.71. The first kappa shape index (κ1) is 13.7. The van der Waals surface area contributed by atoms with Gasteiger partial charge in [0.15, 0.2) is 5.82 Å². The Hall–Kier alpha value is -1.69. The number of aryl methyl sites for hydroxylation is 2. The first-order valence-corrected chi connectivity index (χ1v) is 6.71. The van der Waals surface area contributed by atoms with Crippen LogP contribution in [0.25, 0.3) is 0 Å². The highest BCUT2D eigenvalue weighted by Gasteiger charge is 2.08. The van der Waals surface area contributed by atoms with E-state index in [1.54, 1.807) is 0 Å². The summed E-state index contributed by atoms with van der Waals surface area (Å²) in [5.74, 6) is 1.43. The zero-order valence-electron chi connectivity index (χ0n) is 11.8. The van der Waals surface area contributed by atoms with E-state index in [1.807, 2.05) is 24.0 Å². The lowest BCUT2D eigenvalue weighted by atomic mass is 10.3. The van der Waals surface area contributed by atoms with Crippen LogP contribution in [0.3, 0.4) is 0 Å². The zero-order chi connectivity index (χ0) is 13.7. The fraction of sp³-hybridized carbons (Fsp3) is 0.615. The van der Waals surface area contributed by atoms with Crippen molar-refractivity contribution in [3.63, 3.8) is 0 Å². The van der Waals surface area contributed by atoms with Crippen LogP contribution in [0.2, 0.25) is 0 Å². The van der Waals surface area contributed by atoms with Crippen molar-refractivity contribution in [1.29, 1.82) is 0 Å². The highest BCUT2D eigenvalue weighted by Crippen LogP contribution is 2.01. The molecule has 0 bridgehead atoms. The summed E-state index contributed by atoms with van der Waals surface area (Å²) in [7, 11) is 0. The standard InChI is InChI=1S/C13H21N5O/c1-4-5-13-16-12(17-19-13)7-14-11(3)9-18-8-10(2)6-15-18/h6,8,11,14H,4-5,7,9H2,1-3H3/t11-/m1/s1. The molecule has 104 valence electrons. The molecule has 0 fully saturated rings. The van der Waals surface area contributed by atoms with E-state index in [0.29, 0.717) is 18.4 Å². The predicted molar refractivity (Wildman–Crippen MR) is 71.6 cm³/mol. The molecule has 19 heavy (non-hydrogen) atoms. The van der Waals surface area contributed by atoms with Crippen molar-refractivity contribution in [2.75, 3.05) is 0 Å². The second-order valence-electron chi connectivity index (χ2n) is 4.88. The average Bonchev–Trinajstić information content (AvgIpc) is 2.97. The van der Waals surface area contributed by atoms with E-state index >= 15 is 0 Å². The molecule has 2 aromatic heterocycles. The maximum absolute atomic E-state index is 5.14. The minimum absolute atomic E-state index is 0.299. The van der Waals surface area contributed by atoms with Gasteiger partial charge in [-0.3, -0.25) is 4.68 Å². The molecule has 2 aromatic rings. The van der Waals surface area contributed by atoms with Gasteiger partial charge < -0.3 is 9.84 Å². The molecule has 1 N–H and O–H groups in total. The van der Waals surface area contributed by atoms with E-state index < -0.39 is 0 Å². The third-order valence-corrected chi connectivity index (χ3v) is 2.81. The van der Waals surface area contributed by atoms with E-state index in [-0.39, 0.29) is 0 Å². The first-order chi connectivity index (χ1) is 9.17. The van der Waals surface area contributed by atoms with Crippen LogP contribution in [0, 0.1) is 6.92 Å². The molecule has 0 aliphatic heterocycles. The van der Waals surface area contributed by atoms with Gasteiger partial charge in [-0.1, -0.05) is 12.1 Å². The van der Waals surface area contributed by atoms with Gasteiger partial charge in [0.1, 0.15) is 0 Å². The molecular formula is C13H21N5O. The summed E-state index contributed by atoms with van der Waals surface area (Å²) in [4.78, 5) is 4.32. The van der Waals surface area contributed by atoms with Crippen molar-refractivity contribution in [2.45, 2.75) is 52.7 Å². The van der Waals surface area contributed by atoms with Gasteiger partial charge in [0.2, 0.25) is 5.89 Å². The van der Waals surface area contributed by atoms with Crippen LogP contribution in [-0.4, -0.2) is 26.0 Å². The minimum atomic E-state index is 0.299. The smallest absolute Gasteiger partial charge is 0.226 e. The van der Waals surface area contributed by atoms with Gasteiger partial charge in [0.25, 0.3) is 0 Å². The number of nitrogens with one attached hydrogen (secondary N) is 1. The Bertz CT molecular complexity index is 505. The van der Waals surface area contributed by atoms with Crippen molar-refractivity contribution in [3.8, 4) is 0 Å². The molecule has 2 rings (SSSR count). The number of hydrogen-bond donors (Lipinski definition) is 1. The molecule has 0 aliphatic rings. The van der Waals surface area contributed by atoms with Gasteiger partial charge in [-0.2, -0.15) is 10.1 Å². The summed E-state index contributed by atoms with van der Waals surface area (Å²) >= 11 is 0. The number of nitrogens with zero attached hydrogens (tertiary/aromatic N) is 4. The van der Waals surface area contributed by atoms with Crippen molar-refractivity contribution < 1.29 is 4.52 Å². The maximum atomic E-state index is 5.14. The molecule has 6 nitrogen and oxygen atoms in total. The lowest BCUT2D eigenvalue weighted by Gasteiger charge is -2.12. The van der Waals surface area contributed by atoms with E-state index in [1.165, 1.54) is 5.56 Å². The quantitative estimate of drug-likeness (QED) is 0.823. The third kappa shape index (κ3) is 4.17. The van der Waals surface area contributed by atoms with E-state index in [4.69, 9.17) is 4.52 Å². The highest BCUT2D eigenvalue weighted by molar-refractivity contribution is 4.99. The summed E-state index contributed by atoms with van der Waals surface area (Å²) in [6, 6.07) is 0.299. The topological polar surface area (TPSA) is 68.8 Å². The highest BCUT2D eigenvalue weighted by atomic mass is 16.5. The summed E-state index contributed by atoms with van der Waals surface area (Å²) in [5.41, 5.74) is 1.18. The van der Waals surface area contributed by atoms with Gasteiger partial charge in [-0.15, -0.1) is 0 Å². The summed E-state index contributed by atoms with van der Waals surface area (Å²) in [6.07, 6.45) is 5.76. The van der Waals surface area contributed by atoms with Crippen LogP contribution in [0.1, 0.15) is 37.5 Å². The lowest BCUT2D eigenvalue weighted by molar-refractivity contribution is 0.367. The largest absolute Gasteiger partial charge is 0.339 e. The number of aromatic nitrogens is 4. The van der Waals surface area contributed by atoms with Gasteiger partial charge in [-0.05, 0) is 25.8 Å². The van der Waals surface area contributed by atoms with E-state index in [2.05, 4.69) is 34.4 Å². The molecule has 0 amide bonds. The molecule has 0 radical (unpaired) electrons. The Morgan fingerprint density at radius 3 is 3.00 bits per heavy atom. The van der Waals surface area contributed by atoms with E-state index in [9.17, 15) is 0 Å². The second-order valence-corrected chi connectivity index (χ2v) is 4.88. The molecule has 2 heterocycles. The van der Waals surface area contributed by atoms with Crippen LogP contribution in [0.5, 0.6) is 0 Å². The van der Waals surface area contributed by atoms with Crippen LogP contribution < -0.4 is 5.32 Å². The molecule has 0 unspecified atom stereocenters. The van der Waals surface area contributed by atoms with Crippen molar-refractivity contribution >= 4 is 0 Å². The fourth-order valence-corrected chi connectivity index (χ4v) is 1.85. The van der Waals surface area contributed by atoms with Crippen molar-refractivity contribution in [3.05, 3.63) is 29.7 Å². The van der Waals surface area contributed by atoms with Crippen LogP contribution in [0.4, 0.5) is 0 Å². The predicted octanol–water partition coefficient (Wildman–Crippen LogP) is 1.71. The number of hydrogen-bond acceptors (Lipinski definition) is 5. The Labute approximate surface area is 113 Å². The fourth-order valence-electron chi connectivity index (χ4n) is 1.85. The SMILES string of the molecule is CCCc1nc(CN[C@H](C)Cn2cc(C)cn2)no1. The van der Waals surface area contributed by atoms with Crippen molar-refractivity contribution in [2.24, 2.45) is 0 Å². The molecule has 0 spiro atoms. The normalized spacial score (nSPS) is 12.8. The average molecular weight is 263 g/mol. The second kappa shape index (κ2) is 6.47. The summed E-state index contributed by atoms with van der Waals surface area (Å²) < 4.78 is 7.08. The van der Waals surface area contributed by atoms with Gasteiger partial charge in [0, 0.05) is 18.7 Å². The van der Waals surface area contributed by atoms with Crippen LogP contribution in [0.15, 0.2) is 16.9 Å². The lowest BCUT2D eigenvalue weighted by Crippen LogP contribution is -2.30. The third-order valence-electron chi connectivity index (χ3n) is 2.81. The molecule has 6 heteroatoms. The summed E-state index contributed by atoms with van der Waals surface area (Å²) in [6.45, 7) is 7.69. The van der Waals surface area contributed by atoms with E-state index in [0.717, 1.165) is 25.3 Å². The Balaban J connectivity index is 1.77. The molecule has 1 atom stereocenters. The molecule has 0 aromatic carbocycles. The molecule has 0 saturated carbocycles. The molecular weight excluding hydrogens is 242 g/mol. The Morgan fingerprint density at radius 1 is 1.47 bits per heavy atom. The van der Waals surface area contributed by atoms with Gasteiger partial charge in [0.05, 0.1) is 19.3 Å². The zero-order valence-corrected chi connectivity index (χ0v) is 11.8. The van der Waals surface area contributed by atoms with Crippen molar-refractivity contribution in [1.82, 2.24) is 25.2 Å². The van der Waals surface area contributed by atoms with Gasteiger partial charge >= 0.3 is 0 Å². The number of rotatable bonds is 7. The van der Waals surface area contributed by atoms with Crippen LogP contribution >= 0.6 is 0 Å².